The highest BCUT2D eigenvalue weighted by atomic mass is 16.6. The Morgan fingerprint density at radius 1 is 1.24 bits per heavy atom. The van der Waals surface area contributed by atoms with Crippen LogP contribution >= 0.6 is 0 Å². The summed E-state index contributed by atoms with van der Waals surface area (Å²) in [6.07, 6.45) is 1.86. The Balaban J connectivity index is 2.00. The van der Waals surface area contributed by atoms with E-state index in [0.29, 0.717) is 25.0 Å². The predicted molar refractivity (Wildman–Crippen MR) is 94.4 cm³/mol. The molecule has 0 spiro atoms. The summed E-state index contributed by atoms with van der Waals surface area (Å²) in [6.45, 7) is 4.70. The second kappa shape index (κ2) is 9.49. The number of Topliss-reactive ketones (excluding diaryl/α,β-unsaturated/α-hetero) is 1. The maximum Gasteiger partial charge on any atom is 0.338 e. The van der Waals surface area contributed by atoms with Crippen LogP contribution in [0.1, 0.15) is 37.0 Å². The third-order valence-corrected chi connectivity index (χ3v) is 4.30. The molecule has 5 heteroatoms. The summed E-state index contributed by atoms with van der Waals surface area (Å²) in [7, 11) is 1.54. The molecule has 0 heterocycles. The van der Waals surface area contributed by atoms with Crippen LogP contribution in [0.5, 0.6) is 0 Å². The molecule has 0 N–H and O–H groups in total. The zero-order valence-corrected chi connectivity index (χ0v) is 15.1. The first-order chi connectivity index (χ1) is 12.0. The van der Waals surface area contributed by atoms with Crippen LogP contribution in [0.3, 0.4) is 0 Å². The Hall–Kier alpha value is -1.98. The fraction of sp³-hybridized carbons (Fsp3) is 0.500. The van der Waals surface area contributed by atoms with Gasteiger partial charge in [-0.2, -0.15) is 0 Å². The van der Waals surface area contributed by atoms with Crippen molar-refractivity contribution in [2.24, 2.45) is 5.92 Å². The van der Waals surface area contributed by atoms with Crippen molar-refractivity contribution in [1.29, 1.82) is 0 Å². The SMILES string of the molecule is CO[C@H]1[C@H](COCC=C(C)C)C(=O)CC[C@H]1OC(=O)c1ccccc1. The van der Waals surface area contributed by atoms with Crippen molar-refractivity contribution in [2.45, 2.75) is 38.9 Å². The van der Waals surface area contributed by atoms with Gasteiger partial charge in [-0.25, -0.2) is 4.79 Å². The number of benzene rings is 1. The topological polar surface area (TPSA) is 61.8 Å². The van der Waals surface area contributed by atoms with Gasteiger partial charge in [-0.1, -0.05) is 29.8 Å². The van der Waals surface area contributed by atoms with Crippen LogP contribution in [0.4, 0.5) is 0 Å². The Bertz CT molecular complexity index is 604. The molecule has 0 unspecified atom stereocenters. The first-order valence-electron chi connectivity index (χ1n) is 8.55. The molecule has 0 bridgehead atoms. The number of carbonyl (C=O) groups is 2. The number of methoxy groups -OCH3 is 1. The molecule has 1 fully saturated rings. The molecule has 2 rings (SSSR count). The van der Waals surface area contributed by atoms with Crippen LogP contribution in [-0.4, -0.2) is 44.3 Å². The highest BCUT2D eigenvalue weighted by Crippen LogP contribution is 2.27. The fourth-order valence-corrected chi connectivity index (χ4v) is 2.91. The number of allylic oxidation sites excluding steroid dienone is 1. The van der Waals surface area contributed by atoms with E-state index < -0.39 is 24.1 Å². The number of ketones is 1. The van der Waals surface area contributed by atoms with Crippen LogP contribution in [0.25, 0.3) is 0 Å². The van der Waals surface area contributed by atoms with E-state index in [0.717, 1.165) is 5.57 Å². The van der Waals surface area contributed by atoms with Crippen molar-refractivity contribution >= 4 is 11.8 Å². The molecule has 3 atom stereocenters. The quantitative estimate of drug-likeness (QED) is 0.431. The van der Waals surface area contributed by atoms with Crippen molar-refractivity contribution in [3.05, 3.63) is 47.5 Å². The zero-order valence-electron chi connectivity index (χ0n) is 15.1. The lowest BCUT2D eigenvalue weighted by Gasteiger charge is -2.35. The molecular weight excluding hydrogens is 320 g/mol. The Kier molecular flexibility index (Phi) is 7.34. The summed E-state index contributed by atoms with van der Waals surface area (Å²) >= 11 is 0. The van der Waals surface area contributed by atoms with Gasteiger partial charge in [0.1, 0.15) is 18.0 Å². The van der Waals surface area contributed by atoms with Crippen molar-refractivity contribution in [2.75, 3.05) is 20.3 Å². The van der Waals surface area contributed by atoms with Crippen LogP contribution in [-0.2, 0) is 19.0 Å². The Labute approximate surface area is 149 Å². The van der Waals surface area contributed by atoms with Gasteiger partial charge in [0.25, 0.3) is 0 Å². The minimum atomic E-state index is -0.486. The van der Waals surface area contributed by atoms with E-state index in [2.05, 4.69) is 0 Å². The highest BCUT2D eigenvalue weighted by Gasteiger charge is 2.41. The lowest BCUT2D eigenvalue weighted by Crippen LogP contribution is -2.48. The third-order valence-electron chi connectivity index (χ3n) is 4.30. The lowest BCUT2D eigenvalue weighted by atomic mass is 9.83. The van der Waals surface area contributed by atoms with Crippen LogP contribution < -0.4 is 0 Å². The van der Waals surface area contributed by atoms with Gasteiger partial charge in [0.15, 0.2) is 0 Å². The summed E-state index contributed by atoms with van der Waals surface area (Å²) in [5.41, 5.74) is 1.65. The summed E-state index contributed by atoms with van der Waals surface area (Å²) in [5.74, 6) is -0.722. The molecule has 1 aliphatic rings. The molecule has 5 nitrogen and oxygen atoms in total. The maximum atomic E-state index is 12.3. The van der Waals surface area contributed by atoms with Gasteiger partial charge in [0.05, 0.1) is 24.7 Å². The number of ether oxygens (including phenoxy) is 3. The molecule has 1 saturated carbocycles. The monoisotopic (exact) mass is 346 g/mol. The normalized spacial score (nSPS) is 23.2. The van der Waals surface area contributed by atoms with Crippen molar-refractivity contribution < 1.29 is 23.8 Å². The van der Waals surface area contributed by atoms with E-state index in [-0.39, 0.29) is 12.4 Å². The summed E-state index contributed by atoms with van der Waals surface area (Å²) in [5, 5.41) is 0. The van der Waals surface area contributed by atoms with Crippen molar-refractivity contribution in [1.82, 2.24) is 0 Å². The molecule has 0 aromatic heterocycles. The number of hydrogen-bond acceptors (Lipinski definition) is 5. The van der Waals surface area contributed by atoms with Crippen molar-refractivity contribution in [3.63, 3.8) is 0 Å². The van der Waals surface area contributed by atoms with E-state index in [1.807, 2.05) is 26.0 Å². The Morgan fingerprint density at radius 3 is 2.60 bits per heavy atom. The molecule has 0 saturated heterocycles. The molecular formula is C20H26O5. The number of rotatable bonds is 7. The van der Waals surface area contributed by atoms with Gasteiger partial charge >= 0.3 is 5.97 Å². The first-order valence-corrected chi connectivity index (χ1v) is 8.55. The average Bonchev–Trinajstić information content (AvgIpc) is 2.61. The average molecular weight is 346 g/mol. The highest BCUT2D eigenvalue weighted by molar-refractivity contribution is 5.89. The van der Waals surface area contributed by atoms with Gasteiger partial charge in [-0.3, -0.25) is 4.79 Å². The van der Waals surface area contributed by atoms with Crippen LogP contribution in [0, 0.1) is 5.92 Å². The molecule has 1 aliphatic carbocycles. The van der Waals surface area contributed by atoms with Gasteiger partial charge in [-0.05, 0) is 32.4 Å². The smallest absolute Gasteiger partial charge is 0.338 e. The molecule has 0 radical (unpaired) electrons. The molecule has 136 valence electrons. The van der Waals surface area contributed by atoms with Gasteiger partial charge < -0.3 is 14.2 Å². The summed E-state index contributed by atoms with van der Waals surface area (Å²) < 4.78 is 16.7. The van der Waals surface area contributed by atoms with E-state index in [1.165, 1.54) is 7.11 Å². The predicted octanol–water partition coefficient (Wildman–Crippen LogP) is 3.19. The van der Waals surface area contributed by atoms with Gasteiger partial charge in [0, 0.05) is 13.5 Å². The van der Waals surface area contributed by atoms with Gasteiger partial charge in [0.2, 0.25) is 0 Å². The lowest BCUT2D eigenvalue weighted by molar-refractivity contribution is -0.145. The van der Waals surface area contributed by atoms with Gasteiger partial charge in [-0.15, -0.1) is 0 Å². The maximum absolute atomic E-state index is 12.3. The zero-order chi connectivity index (χ0) is 18.2. The van der Waals surface area contributed by atoms with E-state index >= 15 is 0 Å². The minimum absolute atomic E-state index is 0.0936. The first kappa shape index (κ1) is 19.3. The Morgan fingerprint density at radius 2 is 1.96 bits per heavy atom. The molecule has 0 aliphatic heterocycles. The fourth-order valence-electron chi connectivity index (χ4n) is 2.91. The minimum Gasteiger partial charge on any atom is -0.456 e. The largest absolute Gasteiger partial charge is 0.456 e. The summed E-state index contributed by atoms with van der Waals surface area (Å²) in [4.78, 5) is 24.6. The number of hydrogen-bond donors (Lipinski definition) is 0. The van der Waals surface area contributed by atoms with E-state index in [9.17, 15) is 9.59 Å². The second-order valence-corrected chi connectivity index (χ2v) is 6.44. The van der Waals surface area contributed by atoms with E-state index in [4.69, 9.17) is 14.2 Å². The van der Waals surface area contributed by atoms with Crippen LogP contribution in [0.2, 0.25) is 0 Å². The molecule has 25 heavy (non-hydrogen) atoms. The van der Waals surface area contributed by atoms with Crippen LogP contribution in [0.15, 0.2) is 42.0 Å². The standard InChI is InChI=1S/C20H26O5/c1-14(2)11-12-24-13-16-17(21)9-10-18(19(16)23-3)25-20(22)15-7-5-4-6-8-15/h4-8,11,16,18-19H,9-10,12-13H2,1-3H3/t16-,18-,19+/m1/s1. The number of carbonyl (C=O) groups excluding carboxylic acids is 2. The molecule has 0 amide bonds. The molecule has 1 aromatic rings. The molecule has 1 aromatic carbocycles. The van der Waals surface area contributed by atoms with E-state index in [1.54, 1.807) is 24.3 Å². The van der Waals surface area contributed by atoms with Crippen molar-refractivity contribution in [3.8, 4) is 0 Å². The second-order valence-electron chi connectivity index (χ2n) is 6.44. The number of esters is 1. The third kappa shape index (κ3) is 5.51. The summed E-state index contributed by atoms with van der Waals surface area (Å²) in [6, 6.07) is 8.83.